The van der Waals surface area contributed by atoms with Gasteiger partial charge in [-0.2, -0.15) is 0 Å². The fourth-order valence-electron chi connectivity index (χ4n) is 9.87. The van der Waals surface area contributed by atoms with Crippen LogP contribution in [0.4, 0.5) is 0 Å². The summed E-state index contributed by atoms with van der Waals surface area (Å²) in [6, 6.07) is 63.6. The molecular formula is C55H41N. The van der Waals surface area contributed by atoms with Gasteiger partial charge in [0.05, 0.1) is 5.69 Å². The SMILES string of the molecule is CC1(C)c2ccccc2-c2ccc(-c3c4ccccc4c(-c4cccc5ccccc45)c4ccc(-n5c(-c6ccccc6)ccc5C5C=CC=CC5)cc34)cc21. The molecule has 2 aliphatic carbocycles. The van der Waals surface area contributed by atoms with Gasteiger partial charge in [0, 0.05) is 22.7 Å². The van der Waals surface area contributed by atoms with Crippen LogP contribution in [-0.2, 0) is 5.41 Å². The smallest absolute Gasteiger partial charge is 0.0531 e. The summed E-state index contributed by atoms with van der Waals surface area (Å²) in [4.78, 5) is 0. The molecule has 1 heterocycles. The molecule has 2 aliphatic rings. The fourth-order valence-corrected chi connectivity index (χ4v) is 9.87. The van der Waals surface area contributed by atoms with Crippen LogP contribution in [0.15, 0.2) is 194 Å². The summed E-state index contributed by atoms with van der Waals surface area (Å²) in [6.45, 7) is 4.76. The van der Waals surface area contributed by atoms with Crippen molar-refractivity contribution in [1.29, 1.82) is 0 Å². The Morgan fingerprint density at radius 2 is 1.18 bits per heavy atom. The number of fused-ring (bicyclic) bond motifs is 6. The van der Waals surface area contributed by atoms with E-state index in [-0.39, 0.29) is 11.3 Å². The van der Waals surface area contributed by atoms with Gasteiger partial charge < -0.3 is 4.57 Å². The molecule has 8 aromatic carbocycles. The highest BCUT2D eigenvalue weighted by Crippen LogP contribution is 2.52. The molecule has 1 atom stereocenters. The zero-order valence-corrected chi connectivity index (χ0v) is 31.7. The van der Waals surface area contributed by atoms with Crippen LogP contribution in [0.5, 0.6) is 0 Å². The largest absolute Gasteiger partial charge is 0.313 e. The molecule has 0 aliphatic heterocycles. The highest BCUT2D eigenvalue weighted by atomic mass is 15.0. The molecule has 0 fully saturated rings. The highest BCUT2D eigenvalue weighted by Gasteiger charge is 2.35. The van der Waals surface area contributed by atoms with Gasteiger partial charge in [-0.15, -0.1) is 0 Å². The van der Waals surface area contributed by atoms with Crippen molar-refractivity contribution in [3.63, 3.8) is 0 Å². The lowest BCUT2D eigenvalue weighted by molar-refractivity contribution is 0.660. The first kappa shape index (κ1) is 32.7. The Morgan fingerprint density at radius 1 is 0.482 bits per heavy atom. The molecule has 0 N–H and O–H groups in total. The molecule has 1 heteroatoms. The minimum atomic E-state index is -0.103. The van der Waals surface area contributed by atoms with Crippen molar-refractivity contribution in [3.05, 3.63) is 211 Å². The van der Waals surface area contributed by atoms with Gasteiger partial charge in [-0.1, -0.05) is 178 Å². The van der Waals surface area contributed by atoms with Crippen LogP contribution in [0.2, 0.25) is 0 Å². The van der Waals surface area contributed by atoms with Crippen LogP contribution in [0, 0.1) is 0 Å². The number of hydrogen-bond donors (Lipinski definition) is 0. The predicted octanol–water partition coefficient (Wildman–Crippen LogP) is 14.8. The van der Waals surface area contributed by atoms with E-state index in [1.165, 1.54) is 99.5 Å². The highest BCUT2D eigenvalue weighted by molar-refractivity contribution is 6.24. The Morgan fingerprint density at radius 3 is 2.02 bits per heavy atom. The number of rotatable bonds is 5. The van der Waals surface area contributed by atoms with Crippen LogP contribution in [0.25, 0.3) is 82.6 Å². The standard InChI is InChI=1S/C55H41N/c1-55(2)49-27-14-13-23-42(49)43-30-28-39(34-50(43)55)53-45-24-11-12-25-46(45)54(44-26-15-21-36-16-9-10-22-41(36)44)47-31-29-40(35-48(47)53)56-51(37-17-5-3-6-18-37)32-33-52(56)38-19-7-4-8-20-38/h3-19,21-35,38H,20H2,1-2H3. The van der Waals surface area contributed by atoms with Crippen LogP contribution < -0.4 is 0 Å². The van der Waals surface area contributed by atoms with Crippen molar-refractivity contribution in [2.24, 2.45) is 0 Å². The van der Waals surface area contributed by atoms with E-state index in [0.29, 0.717) is 0 Å². The third-order valence-electron chi connectivity index (χ3n) is 12.5. The molecule has 0 saturated heterocycles. The molecule has 0 bridgehead atoms. The van der Waals surface area contributed by atoms with Gasteiger partial charge in [0.25, 0.3) is 0 Å². The molecule has 0 radical (unpaired) electrons. The van der Waals surface area contributed by atoms with Gasteiger partial charge in [0.2, 0.25) is 0 Å². The first-order valence-electron chi connectivity index (χ1n) is 19.9. The normalized spacial score (nSPS) is 15.4. The quantitative estimate of drug-likeness (QED) is 0.156. The number of aromatic nitrogens is 1. The van der Waals surface area contributed by atoms with Crippen molar-refractivity contribution in [2.45, 2.75) is 31.6 Å². The summed E-state index contributed by atoms with van der Waals surface area (Å²) in [5.74, 6) is 0.288. The summed E-state index contributed by atoms with van der Waals surface area (Å²) >= 11 is 0. The topological polar surface area (TPSA) is 4.93 Å². The average molecular weight is 716 g/mol. The molecular weight excluding hydrogens is 675 g/mol. The molecule has 0 spiro atoms. The Hall–Kier alpha value is -6.70. The number of nitrogens with zero attached hydrogens (tertiary/aromatic N) is 1. The zero-order chi connectivity index (χ0) is 37.4. The van der Waals surface area contributed by atoms with Crippen molar-refractivity contribution >= 4 is 32.3 Å². The van der Waals surface area contributed by atoms with Crippen LogP contribution in [-0.4, -0.2) is 4.57 Å². The molecule has 266 valence electrons. The van der Waals surface area contributed by atoms with Gasteiger partial charge in [-0.05, 0) is 119 Å². The van der Waals surface area contributed by atoms with Crippen molar-refractivity contribution in [2.75, 3.05) is 0 Å². The molecule has 56 heavy (non-hydrogen) atoms. The number of allylic oxidation sites excluding steroid dienone is 4. The summed E-state index contributed by atoms with van der Waals surface area (Å²) in [6.07, 6.45) is 9.99. The van der Waals surface area contributed by atoms with Crippen LogP contribution in [0.1, 0.15) is 43.0 Å². The van der Waals surface area contributed by atoms with Gasteiger partial charge in [0.15, 0.2) is 0 Å². The molecule has 1 unspecified atom stereocenters. The lowest BCUT2D eigenvalue weighted by Gasteiger charge is -2.24. The van der Waals surface area contributed by atoms with E-state index in [4.69, 9.17) is 0 Å². The lowest BCUT2D eigenvalue weighted by Crippen LogP contribution is -2.14. The second kappa shape index (κ2) is 12.7. The molecule has 1 aromatic heterocycles. The second-order valence-electron chi connectivity index (χ2n) is 16.0. The zero-order valence-electron chi connectivity index (χ0n) is 31.7. The van der Waals surface area contributed by atoms with E-state index in [1.54, 1.807) is 0 Å². The maximum Gasteiger partial charge on any atom is 0.0531 e. The Kier molecular flexibility index (Phi) is 7.41. The molecule has 1 nitrogen and oxygen atoms in total. The van der Waals surface area contributed by atoms with Crippen LogP contribution in [0.3, 0.4) is 0 Å². The summed E-state index contributed by atoms with van der Waals surface area (Å²) in [5.41, 5.74) is 15.4. The maximum atomic E-state index is 2.52. The van der Waals surface area contributed by atoms with E-state index in [0.717, 1.165) is 6.42 Å². The average Bonchev–Trinajstić information content (AvgIpc) is 3.80. The van der Waals surface area contributed by atoms with Crippen molar-refractivity contribution in [3.8, 4) is 50.3 Å². The van der Waals surface area contributed by atoms with Gasteiger partial charge >= 0.3 is 0 Å². The lowest BCUT2D eigenvalue weighted by atomic mass is 9.80. The number of hydrogen-bond acceptors (Lipinski definition) is 0. The van der Waals surface area contributed by atoms with Gasteiger partial charge in [-0.25, -0.2) is 0 Å². The Balaban J connectivity index is 1.25. The summed E-state index contributed by atoms with van der Waals surface area (Å²) in [5, 5.41) is 7.58. The number of benzene rings is 8. The Labute approximate surface area is 328 Å². The predicted molar refractivity (Wildman–Crippen MR) is 238 cm³/mol. The third-order valence-corrected chi connectivity index (χ3v) is 12.5. The summed E-state index contributed by atoms with van der Waals surface area (Å²) < 4.78 is 2.52. The van der Waals surface area contributed by atoms with E-state index >= 15 is 0 Å². The maximum absolute atomic E-state index is 2.52. The van der Waals surface area contributed by atoms with Gasteiger partial charge in [0.1, 0.15) is 0 Å². The van der Waals surface area contributed by atoms with E-state index in [9.17, 15) is 0 Å². The van der Waals surface area contributed by atoms with Crippen molar-refractivity contribution in [1.82, 2.24) is 4.57 Å². The van der Waals surface area contributed by atoms with Crippen LogP contribution >= 0.6 is 0 Å². The summed E-state index contributed by atoms with van der Waals surface area (Å²) in [7, 11) is 0. The van der Waals surface area contributed by atoms with E-state index in [1.807, 2.05) is 0 Å². The molecule has 0 saturated carbocycles. The minimum absolute atomic E-state index is 0.103. The third kappa shape index (κ3) is 4.94. The van der Waals surface area contributed by atoms with Crippen molar-refractivity contribution < 1.29 is 0 Å². The second-order valence-corrected chi connectivity index (χ2v) is 16.0. The minimum Gasteiger partial charge on any atom is -0.313 e. The monoisotopic (exact) mass is 715 g/mol. The fraction of sp³-hybridized carbons (Fsp3) is 0.0909. The first-order valence-corrected chi connectivity index (χ1v) is 19.9. The Bertz CT molecular complexity index is 3070. The molecule has 11 rings (SSSR count). The molecule has 9 aromatic rings. The van der Waals surface area contributed by atoms with E-state index in [2.05, 4.69) is 213 Å². The van der Waals surface area contributed by atoms with E-state index < -0.39 is 0 Å². The molecule has 0 amide bonds. The van der Waals surface area contributed by atoms with Gasteiger partial charge in [-0.3, -0.25) is 0 Å². The first-order chi connectivity index (χ1) is 27.6.